The fourth-order valence-corrected chi connectivity index (χ4v) is 2.75. The predicted octanol–water partition coefficient (Wildman–Crippen LogP) is 2.91. The number of benzene rings is 1. The van der Waals surface area contributed by atoms with Crippen molar-refractivity contribution in [2.75, 3.05) is 13.2 Å². The molecule has 3 rings (SSSR count). The molecule has 94 valence electrons. The minimum absolute atomic E-state index is 0.560. The molecule has 0 fully saturated rings. The molecule has 0 saturated carbocycles. The van der Waals surface area contributed by atoms with Crippen molar-refractivity contribution in [1.82, 2.24) is 0 Å². The highest BCUT2D eigenvalue weighted by Crippen LogP contribution is 2.35. The lowest BCUT2D eigenvalue weighted by atomic mass is 10.0. The lowest BCUT2D eigenvalue weighted by Gasteiger charge is -2.20. The summed E-state index contributed by atoms with van der Waals surface area (Å²) in [6.07, 6.45) is -0.606. The third kappa shape index (κ3) is 2.09. The molecule has 1 N–H and O–H groups in total. The van der Waals surface area contributed by atoms with Gasteiger partial charge in [-0.25, -0.2) is 0 Å². The van der Waals surface area contributed by atoms with Gasteiger partial charge in [-0.1, -0.05) is 6.07 Å². The first kappa shape index (κ1) is 11.6. The largest absolute Gasteiger partial charge is 0.486 e. The molecule has 0 spiro atoms. The average molecular weight is 262 g/mol. The van der Waals surface area contributed by atoms with Crippen molar-refractivity contribution in [2.45, 2.75) is 13.0 Å². The number of thiophene rings is 1. The van der Waals surface area contributed by atoms with Crippen molar-refractivity contribution < 1.29 is 14.6 Å². The van der Waals surface area contributed by atoms with Crippen LogP contribution < -0.4 is 9.47 Å². The fourth-order valence-electron chi connectivity index (χ4n) is 2.03. The molecule has 1 unspecified atom stereocenters. The summed E-state index contributed by atoms with van der Waals surface area (Å²) in [5.74, 6) is 1.46. The summed E-state index contributed by atoms with van der Waals surface area (Å²) in [6, 6.07) is 7.59. The number of hydrogen-bond acceptors (Lipinski definition) is 4. The smallest absolute Gasteiger partial charge is 0.161 e. The molecular weight excluding hydrogens is 248 g/mol. The van der Waals surface area contributed by atoms with Crippen molar-refractivity contribution in [1.29, 1.82) is 0 Å². The van der Waals surface area contributed by atoms with Gasteiger partial charge in [0, 0.05) is 4.88 Å². The minimum atomic E-state index is -0.606. The Hall–Kier alpha value is -1.52. The monoisotopic (exact) mass is 262 g/mol. The van der Waals surface area contributed by atoms with Gasteiger partial charge in [-0.2, -0.15) is 0 Å². The van der Waals surface area contributed by atoms with E-state index in [1.54, 1.807) is 11.3 Å². The molecule has 1 aliphatic rings. The number of aryl methyl sites for hydroxylation is 1. The van der Waals surface area contributed by atoms with Crippen LogP contribution in [0, 0.1) is 6.92 Å². The van der Waals surface area contributed by atoms with Gasteiger partial charge >= 0.3 is 0 Å². The standard InChI is InChI=1S/C14H14O3S/c1-9-6-11(8-18-9)14(15)10-2-3-12-13(7-10)17-5-4-16-12/h2-3,6-8,14-15H,4-5H2,1H3. The molecular formula is C14H14O3S. The van der Waals surface area contributed by atoms with Crippen LogP contribution in [0.3, 0.4) is 0 Å². The molecule has 2 heterocycles. The number of hydrogen-bond donors (Lipinski definition) is 1. The van der Waals surface area contributed by atoms with E-state index in [-0.39, 0.29) is 0 Å². The summed E-state index contributed by atoms with van der Waals surface area (Å²) in [4.78, 5) is 1.20. The number of aliphatic hydroxyl groups is 1. The van der Waals surface area contributed by atoms with Crippen molar-refractivity contribution in [3.63, 3.8) is 0 Å². The van der Waals surface area contributed by atoms with Crippen molar-refractivity contribution in [3.05, 3.63) is 45.6 Å². The lowest BCUT2D eigenvalue weighted by Crippen LogP contribution is -2.15. The van der Waals surface area contributed by atoms with E-state index in [0.717, 1.165) is 16.9 Å². The van der Waals surface area contributed by atoms with Gasteiger partial charge in [0.2, 0.25) is 0 Å². The SMILES string of the molecule is Cc1cc(C(O)c2ccc3c(c2)OCCO3)cs1. The van der Waals surface area contributed by atoms with Gasteiger partial charge in [0.1, 0.15) is 19.3 Å². The summed E-state index contributed by atoms with van der Waals surface area (Å²) in [7, 11) is 0. The zero-order valence-electron chi connectivity index (χ0n) is 10.1. The van der Waals surface area contributed by atoms with E-state index in [9.17, 15) is 5.11 Å². The molecule has 0 radical (unpaired) electrons. The second-order valence-corrected chi connectivity index (χ2v) is 5.41. The van der Waals surface area contributed by atoms with Crippen molar-refractivity contribution in [2.24, 2.45) is 0 Å². The minimum Gasteiger partial charge on any atom is -0.486 e. The van der Waals surface area contributed by atoms with Crippen LogP contribution in [-0.4, -0.2) is 18.3 Å². The van der Waals surface area contributed by atoms with Crippen LogP contribution in [0.4, 0.5) is 0 Å². The van der Waals surface area contributed by atoms with E-state index in [1.807, 2.05) is 36.6 Å². The molecule has 0 saturated heterocycles. The fraction of sp³-hybridized carbons (Fsp3) is 0.286. The molecule has 1 atom stereocenters. The first-order valence-corrected chi connectivity index (χ1v) is 6.74. The van der Waals surface area contributed by atoms with Crippen LogP contribution in [0.1, 0.15) is 22.1 Å². The van der Waals surface area contributed by atoms with Crippen molar-refractivity contribution in [3.8, 4) is 11.5 Å². The third-order valence-corrected chi connectivity index (χ3v) is 3.83. The van der Waals surface area contributed by atoms with Crippen LogP contribution >= 0.6 is 11.3 Å². The Balaban J connectivity index is 1.92. The molecule has 2 aromatic rings. The summed E-state index contributed by atoms with van der Waals surface area (Å²) in [6.45, 7) is 3.17. The van der Waals surface area contributed by atoms with E-state index in [0.29, 0.717) is 19.0 Å². The number of aliphatic hydroxyl groups excluding tert-OH is 1. The molecule has 0 bridgehead atoms. The van der Waals surface area contributed by atoms with Crippen LogP contribution in [0.25, 0.3) is 0 Å². The summed E-state index contributed by atoms with van der Waals surface area (Å²) >= 11 is 1.64. The summed E-state index contributed by atoms with van der Waals surface area (Å²) in [5, 5.41) is 12.3. The quantitative estimate of drug-likeness (QED) is 0.904. The van der Waals surface area contributed by atoms with Gasteiger partial charge in [0.15, 0.2) is 11.5 Å². The maximum Gasteiger partial charge on any atom is 0.161 e. The van der Waals surface area contributed by atoms with Crippen LogP contribution in [0.5, 0.6) is 11.5 Å². The molecule has 0 amide bonds. The molecule has 1 aromatic heterocycles. The number of rotatable bonds is 2. The van der Waals surface area contributed by atoms with Crippen LogP contribution in [0.15, 0.2) is 29.6 Å². The zero-order chi connectivity index (χ0) is 12.5. The van der Waals surface area contributed by atoms with E-state index in [2.05, 4.69) is 0 Å². The Morgan fingerprint density at radius 2 is 1.89 bits per heavy atom. The zero-order valence-corrected chi connectivity index (χ0v) is 10.9. The maximum absolute atomic E-state index is 10.3. The van der Waals surface area contributed by atoms with Gasteiger partial charge in [-0.3, -0.25) is 0 Å². The predicted molar refractivity (Wildman–Crippen MR) is 70.5 cm³/mol. The van der Waals surface area contributed by atoms with Gasteiger partial charge < -0.3 is 14.6 Å². The average Bonchev–Trinajstić information content (AvgIpc) is 2.84. The van der Waals surface area contributed by atoms with Gasteiger partial charge in [0.25, 0.3) is 0 Å². The Bertz CT molecular complexity index is 562. The van der Waals surface area contributed by atoms with Crippen LogP contribution in [-0.2, 0) is 0 Å². The molecule has 1 aliphatic heterocycles. The molecule has 4 heteroatoms. The molecule has 1 aromatic carbocycles. The maximum atomic E-state index is 10.3. The Morgan fingerprint density at radius 3 is 2.61 bits per heavy atom. The van der Waals surface area contributed by atoms with Crippen LogP contribution in [0.2, 0.25) is 0 Å². The number of ether oxygens (including phenoxy) is 2. The van der Waals surface area contributed by atoms with Gasteiger partial charge in [-0.15, -0.1) is 11.3 Å². The lowest BCUT2D eigenvalue weighted by molar-refractivity contribution is 0.169. The summed E-state index contributed by atoms with van der Waals surface area (Å²) in [5.41, 5.74) is 1.76. The number of fused-ring (bicyclic) bond motifs is 1. The molecule has 18 heavy (non-hydrogen) atoms. The van der Waals surface area contributed by atoms with Crippen molar-refractivity contribution >= 4 is 11.3 Å². The van der Waals surface area contributed by atoms with E-state index in [4.69, 9.17) is 9.47 Å². The summed E-state index contributed by atoms with van der Waals surface area (Å²) < 4.78 is 11.0. The first-order chi connectivity index (χ1) is 8.74. The highest BCUT2D eigenvalue weighted by atomic mass is 32.1. The molecule has 3 nitrogen and oxygen atoms in total. The van der Waals surface area contributed by atoms with E-state index in [1.165, 1.54) is 4.88 Å². The highest BCUT2D eigenvalue weighted by molar-refractivity contribution is 7.10. The second-order valence-electron chi connectivity index (χ2n) is 4.30. The van der Waals surface area contributed by atoms with E-state index >= 15 is 0 Å². The topological polar surface area (TPSA) is 38.7 Å². The molecule has 0 aliphatic carbocycles. The highest BCUT2D eigenvalue weighted by Gasteiger charge is 2.17. The Kier molecular flexibility index (Phi) is 2.97. The Labute approximate surface area is 110 Å². The Morgan fingerprint density at radius 1 is 1.11 bits per heavy atom. The van der Waals surface area contributed by atoms with Gasteiger partial charge in [0.05, 0.1) is 0 Å². The second kappa shape index (κ2) is 4.63. The van der Waals surface area contributed by atoms with Gasteiger partial charge in [-0.05, 0) is 41.6 Å². The first-order valence-electron chi connectivity index (χ1n) is 5.87. The normalized spacial score (nSPS) is 15.4. The third-order valence-electron chi connectivity index (χ3n) is 2.95. The van der Waals surface area contributed by atoms with E-state index < -0.39 is 6.10 Å².